The van der Waals surface area contributed by atoms with Crippen LogP contribution < -0.4 is 10.2 Å². The molecule has 1 amide bonds. The molecule has 0 spiro atoms. The molecule has 3 aromatic rings. The van der Waals surface area contributed by atoms with Crippen molar-refractivity contribution in [3.05, 3.63) is 77.2 Å². The van der Waals surface area contributed by atoms with Gasteiger partial charge in [-0.2, -0.15) is 4.98 Å². The number of hydrogen-bond acceptors (Lipinski definition) is 5. The summed E-state index contributed by atoms with van der Waals surface area (Å²) in [5.74, 6) is 0.590. The van der Waals surface area contributed by atoms with Gasteiger partial charge in [0, 0.05) is 43.6 Å². The number of piperazine rings is 1. The van der Waals surface area contributed by atoms with Crippen molar-refractivity contribution in [2.75, 3.05) is 36.4 Å². The maximum atomic E-state index is 13.9. The molecule has 0 radical (unpaired) electrons. The Bertz CT molecular complexity index is 1050. The lowest BCUT2D eigenvalue weighted by Crippen LogP contribution is -2.49. The Hall–Kier alpha value is -3.48. The van der Waals surface area contributed by atoms with Crippen molar-refractivity contribution < 1.29 is 9.18 Å². The fraction of sp³-hybridized carbons (Fsp3) is 0.261. The standard InChI is InChI=1S/C23H24FN5O/c1-16-7-9-18(10-8-16)26-21-15-17(2)25-23(27-21)29-13-11-28(12-14-29)22(30)19-5-3-4-6-20(19)24/h3-10,15H,11-14H2,1-2H3,(H,25,26,27). The average Bonchev–Trinajstić information content (AvgIpc) is 2.75. The second kappa shape index (κ2) is 8.49. The minimum atomic E-state index is -0.487. The number of rotatable bonds is 4. The molecule has 1 saturated heterocycles. The lowest BCUT2D eigenvalue weighted by atomic mass is 10.1. The van der Waals surface area contributed by atoms with E-state index in [1.807, 2.05) is 44.2 Å². The van der Waals surface area contributed by atoms with Crippen molar-refractivity contribution >= 4 is 23.4 Å². The van der Waals surface area contributed by atoms with E-state index in [1.54, 1.807) is 17.0 Å². The summed E-state index contributed by atoms with van der Waals surface area (Å²) in [5, 5.41) is 3.32. The van der Waals surface area contributed by atoms with Crippen LogP contribution >= 0.6 is 0 Å². The molecule has 1 N–H and O–H groups in total. The number of halogens is 1. The molecule has 154 valence electrons. The summed E-state index contributed by atoms with van der Waals surface area (Å²) in [6, 6.07) is 16.1. The van der Waals surface area contributed by atoms with Crippen molar-refractivity contribution in [1.29, 1.82) is 0 Å². The number of nitrogens with one attached hydrogen (secondary N) is 1. The molecule has 7 heteroatoms. The van der Waals surface area contributed by atoms with E-state index >= 15 is 0 Å². The molecule has 1 aromatic heterocycles. The highest BCUT2D eigenvalue weighted by Gasteiger charge is 2.25. The third-order valence-corrected chi connectivity index (χ3v) is 5.12. The maximum absolute atomic E-state index is 13.9. The van der Waals surface area contributed by atoms with Gasteiger partial charge in [0.2, 0.25) is 5.95 Å². The molecule has 1 fully saturated rings. The van der Waals surface area contributed by atoms with Crippen LogP contribution in [0.3, 0.4) is 0 Å². The zero-order chi connectivity index (χ0) is 21.1. The number of aromatic nitrogens is 2. The average molecular weight is 405 g/mol. The van der Waals surface area contributed by atoms with Crippen molar-refractivity contribution in [3.63, 3.8) is 0 Å². The van der Waals surface area contributed by atoms with Crippen LogP contribution in [0, 0.1) is 19.7 Å². The van der Waals surface area contributed by atoms with Gasteiger partial charge < -0.3 is 15.1 Å². The molecule has 1 aliphatic rings. The van der Waals surface area contributed by atoms with Crippen LogP contribution in [0.1, 0.15) is 21.6 Å². The zero-order valence-corrected chi connectivity index (χ0v) is 17.1. The first-order chi connectivity index (χ1) is 14.5. The van der Waals surface area contributed by atoms with Gasteiger partial charge in [-0.1, -0.05) is 29.8 Å². The van der Waals surface area contributed by atoms with Gasteiger partial charge >= 0.3 is 0 Å². The number of aryl methyl sites for hydroxylation is 2. The van der Waals surface area contributed by atoms with Crippen molar-refractivity contribution in [2.24, 2.45) is 0 Å². The first-order valence-corrected chi connectivity index (χ1v) is 9.98. The minimum Gasteiger partial charge on any atom is -0.340 e. The summed E-state index contributed by atoms with van der Waals surface area (Å²) >= 11 is 0. The number of anilines is 3. The first-order valence-electron chi connectivity index (χ1n) is 9.98. The highest BCUT2D eigenvalue weighted by atomic mass is 19.1. The Morgan fingerprint density at radius 3 is 2.37 bits per heavy atom. The number of carbonyl (C=O) groups excluding carboxylic acids is 1. The zero-order valence-electron chi connectivity index (χ0n) is 17.1. The van der Waals surface area contributed by atoms with E-state index in [4.69, 9.17) is 0 Å². The van der Waals surface area contributed by atoms with Crippen LogP contribution in [0.5, 0.6) is 0 Å². The van der Waals surface area contributed by atoms with E-state index in [1.165, 1.54) is 17.7 Å². The number of nitrogens with zero attached hydrogens (tertiary/aromatic N) is 4. The van der Waals surface area contributed by atoms with Gasteiger partial charge in [-0.15, -0.1) is 0 Å². The highest BCUT2D eigenvalue weighted by Crippen LogP contribution is 2.20. The van der Waals surface area contributed by atoms with Gasteiger partial charge in [0.25, 0.3) is 5.91 Å². The van der Waals surface area contributed by atoms with E-state index in [2.05, 4.69) is 20.2 Å². The normalized spacial score (nSPS) is 14.0. The van der Waals surface area contributed by atoms with Crippen LogP contribution in [0.15, 0.2) is 54.6 Å². The highest BCUT2D eigenvalue weighted by molar-refractivity contribution is 5.94. The lowest BCUT2D eigenvalue weighted by molar-refractivity contribution is 0.0741. The maximum Gasteiger partial charge on any atom is 0.256 e. The molecule has 0 unspecified atom stereocenters. The SMILES string of the molecule is Cc1ccc(Nc2cc(C)nc(N3CCN(C(=O)c4ccccc4F)CC3)n2)cc1. The topological polar surface area (TPSA) is 61.4 Å². The second-order valence-corrected chi connectivity index (χ2v) is 7.44. The van der Waals surface area contributed by atoms with Crippen LogP contribution in [-0.4, -0.2) is 47.0 Å². The molecule has 0 saturated carbocycles. The number of benzene rings is 2. The lowest BCUT2D eigenvalue weighted by Gasteiger charge is -2.35. The molecule has 6 nitrogen and oxygen atoms in total. The predicted octanol–water partition coefficient (Wildman–Crippen LogP) is 3.94. The minimum absolute atomic E-state index is 0.113. The molecular formula is C23H24FN5O. The first kappa shape index (κ1) is 19.8. The Labute approximate surface area is 175 Å². The largest absolute Gasteiger partial charge is 0.340 e. The molecule has 30 heavy (non-hydrogen) atoms. The summed E-state index contributed by atoms with van der Waals surface area (Å²) in [6.07, 6.45) is 0. The summed E-state index contributed by atoms with van der Waals surface area (Å²) in [5.41, 5.74) is 3.13. The summed E-state index contributed by atoms with van der Waals surface area (Å²) < 4.78 is 13.9. The fourth-order valence-electron chi connectivity index (χ4n) is 3.46. The van der Waals surface area contributed by atoms with Gasteiger partial charge in [0.05, 0.1) is 5.56 Å². The van der Waals surface area contributed by atoms with Crippen molar-refractivity contribution in [2.45, 2.75) is 13.8 Å². The van der Waals surface area contributed by atoms with Gasteiger partial charge in [-0.3, -0.25) is 4.79 Å². The number of carbonyl (C=O) groups is 1. The Balaban J connectivity index is 1.44. The van der Waals surface area contributed by atoms with E-state index in [9.17, 15) is 9.18 Å². The van der Waals surface area contributed by atoms with Crippen LogP contribution in [0.2, 0.25) is 0 Å². The number of hydrogen-bond donors (Lipinski definition) is 1. The smallest absolute Gasteiger partial charge is 0.256 e. The quantitative estimate of drug-likeness (QED) is 0.713. The van der Waals surface area contributed by atoms with E-state index < -0.39 is 5.82 Å². The molecule has 4 rings (SSSR count). The van der Waals surface area contributed by atoms with Gasteiger partial charge in [0.15, 0.2) is 0 Å². The molecule has 1 aliphatic heterocycles. The Kier molecular flexibility index (Phi) is 5.61. The molecule has 2 heterocycles. The summed E-state index contributed by atoms with van der Waals surface area (Å²) in [6.45, 7) is 6.15. The predicted molar refractivity (Wildman–Crippen MR) is 116 cm³/mol. The number of amides is 1. The van der Waals surface area contributed by atoms with Crippen molar-refractivity contribution in [3.8, 4) is 0 Å². The third kappa shape index (κ3) is 4.40. The summed E-state index contributed by atoms with van der Waals surface area (Å²) in [7, 11) is 0. The van der Waals surface area contributed by atoms with Crippen LogP contribution in [0.25, 0.3) is 0 Å². The molecule has 0 atom stereocenters. The summed E-state index contributed by atoms with van der Waals surface area (Å²) in [4.78, 5) is 25.6. The van der Waals surface area contributed by atoms with Crippen molar-refractivity contribution in [1.82, 2.24) is 14.9 Å². The van der Waals surface area contributed by atoms with E-state index in [-0.39, 0.29) is 11.5 Å². The molecular weight excluding hydrogens is 381 g/mol. The van der Waals surface area contributed by atoms with Crippen LogP contribution in [-0.2, 0) is 0 Å². The molecule has 0 bridgehead atoms. The van der Waals surface area contributed by atoms with Gasteiger partial charge in [0.1, 0.15) is 11.6 Å². The Morgan fingerprint density at radius 2 is 1.67 bits per heavy atom. The fourth-order valence-corrected chi connectivity index (χ4v) is 3.46. The monoisotopic (exact) mass is 405 g/mol. The third-order valence-electron chi connectivity index (χ3n) is 5.12. The molecule has 0 aliphatic carbocycles. The van der Waals surface area contributed by atoms with E-state index in [0.717, 1.165) is 17.2 Å². The van der Waals surface area contributed by atoms with Crippen LogP contribution in [0.4, 0.5) is 21.8 Å². The molecule has 2 aromatic carbocycles. The van der Waals surface area contributed by atoms with E-state index in [0.29, 0.717) is 32.1 Å². The van der Waals surface area contributed by atoms with Gasteiger partial charge in [-0.25, -0.2) is 9.37 Å². The second-order valence-electron chi connectivity index (χ2n) is 7.44. The van der Waals surface area contributed by atoms with Gasteiger partial charge in [-0.05, 0) is 38.1 Å². The Morgan fingerprint density at radius 1 is 0.967 bits per heavy atom.